The minimum atomic E-state index is 0.384. The van der Waals surface area contributed by atoms with E-state index in [1.807, 2.05) is 30.3 Å². The van der Waals surface area contributed by atoms with Crippen molar-refractivity contribution in [3.05, 3.63) is 77.6 Å². The molecule has 3 aromatic rings. The van der Waals surface area contributed by atoms with Gasteiger partial charge in [-0.05, 0) is 74.4 Å². The van der Waals surface area contributed by atoms with Crippen LogP contribution in [0.15, 0.2) is 60.7 Å². The maximum atomic E-state index is 5.97. The average molecular weight is 418 g/mol. The molecule has 0 aliphatic heterocycles. The van der Waals surface area contributed by atoms with Crippen molar-refractivity contribution in [2.75, 3.05) is 0 Å². The van der Waals surface area contributed by atoms with Crippen LogP contribution in [0.3, 0.4) is 0 Å². The molecule has 4 rings (SSSR count). The lowest BCUT2D eigenvalue weighted by atomic mass is 9.94. The maximum absolute atomic E-state index is 5.97. The summed E-state index contributed by atoms with van der Waals surface area (Å²) in [5.74, 6) is 2.43. The molecule has 2 aromatic carbocycles. The Kier molecular flexibility index (Phi) is 7.08. The Hall–Kier alpha value is -2.59. The third-order valence-corrected chi connectivity index (χ3v) is 6.48. The fourth-order valence-electron chi connectivity index (χ4n) is 4.91. The van der Waals surface area contributed by atoms with Gasteiger partial charge in [0.2, 0.25) is 0 Å². The Bertz CT molecular complexity index is 948. The van der Waals surface area contributed by atoms with E-state index in [4.69, 9.17) is 4.74 Å². The molecule has 1 fully saturated rings. The molecule has 1 N–H and O–H groups in total. The molecule has 1 saturated carbocycles. The highest BCUT2D eigenvalue weighted by Crippen LogP contribution is 2.32. The van der Waals surface area contributed by atoms with E-state index < -0.39 is 0 Å². The summed E-state index contributed by atoms with van der Waals surface area (Å²) in [6.45, 7) is 4.35. The summed E-state index contributed by atoms with van der Waals surface area (Å²) in [5.41, 5.74) is 3.82. The van der Waals surface area contributed by atoms with Crippen LogP contribution in [0.25, 0.3) is 0 Å². The largest absolute Gasteiger partial charge is 0.457 e. The zero-order valence-corrected chi connectivity index (χ0v) is 19.1. The zero-order chi connectivity index (χ0) is 21.6. The van der Waals surface area contributed by atoms with Crippen LogP contribution < -0.4 is 10.1 Å². The van der Waals surface area contributed by atoms with E-state index >= 15 is 0 Å². The second-order valence-corrected chi connectivity index (χ2v) is 8.89. The maximum Gasteiger partial charge on any atom is 0.127 e. The van der Waals surface area contributed by atoms with Crippen molar-refractivity contribution in [1.82, 2.24) is 15.1 Å². The molecule has 1 heterocycles. The van der Waals surface area contributed by atoms with Crippen molar-refractivity contribution in [2.45, 2.75) is 64.5 Å². The topological polar surface area (TPSA) is 39.1 Å². The minimum absolute atomic E-state index is 0.384. The van der Waals surface area contributed by atoms with E-state index in [1.165, 1.54) is 30.5 Å². The molecule has 0 bridgehead atoms. The van der Waals surface area contributed by atoms with Gasteiger partial charge in [-0.15, -0.1) is 0 Å². The summed E-state index contributed by atoms with van der Waals surface area (Å²) >= 11 is 0. The molecule has 0 saturated heterocycles. The molecular weight excluding hydrogens is 382 g/mol. The van der Waals surface area contributed by atoms with Gasteiger partial charge in [-0.2, -0.15) is 5.10 Å². The van der Waals surface area contributed by atoms with Gasteiger partial charge in [0.1, 0.15) is 11.5 Å². The highest BCUT2D eigenvalue weighted by molar-refractivity contribution is 5.34. The van der Waals surface area contributed by atoms with Gasteiger partial charge in [0.05, 0.1) is 5.69 Å². The quantitative estimate of drug-likeness (QED) is 0.440. The number of hydrogen-bond acceptors (Lipinski definition) is 3. The molecule has 3 unspecified atom stereocenters. The molecule has 4 heteroatoms. The molecule has 1 aliphatic rings. The van der Waals surface area contributed by atoms with Crippen molar-refractivity contribution >= 4 is 0 Å². The summed E-state index contributed by atoms with van der Waals surface area (Å²) in [6.07, 6.45) is 7.28. The fourth-order valence-corrected chi connectivity index (χ4v) is 4.91. The highest BCUT2D eigenvalue weighted by Gasteiger charge is 2.30. The number of hydrogen-bond donors (Lipinski definition) is 1. The third kappa shape index (κ3) is 5.56. The monoisotopic (exact) mass is 417 g/mol. The van der Waals surface area contributed by atoms with Crippen LogP contribution in [0.4, 0.5) is 0 Å². The van der Waals surface area contributed by atoms with Crippen LogP contribution in [0.5, 0.6) is 11.5 Å². The molecule has 1 aliphatic carbocycles. The molecule has 164 valence electrons. The Morgan fingerprint density at radius 2 is 1.81 bits per heavy atom. The Morgan fingerprint density at radius 1 is 1.06 bits per heavy atom. The van der Waals surface area contributed by atoms with Gasteiger partial charge in [-0.25, -0.2) is 0 Å². The van der Waals surface area contributed by atoms with Crippen LogP contribution in [0.2, 0.25) is 0 Å². The number of aromatic nitrogens is 2. The summed E-state index contributed by atoms with van der Waals surface area (Å²) in [7, 11) is 2.07. The SMILES string of the molecule is CCCC(NC1CCCC1Cc1cc(C)nn1C)c1ccc(Oc2ccccc2)cc1. The average Bonchev–Trinajstić information content (AvgIpc) is 3.34. The smallest absolute Gasteiger partial charge is 0.127 e. The number of nitrogens with one attached hydrogen (secondary N) is 1. The Labute approximate surface area is 186 Å². The molecule has 31 heavy (non-hydrogen) atoms. The van der Waals surface area contributed by atoms with Gasteiger partial charge in [-0.3, -0.25) is 4.68 Å². The van der Waals surface area contributed by atoms with Gasteiger partial charge >= 0.3 is 0 Å². The summed E-state index contributed by atoms with van der Waals surface area (Å²) in [4.78, 5) is 0. The first kappa shape index (κ1) is 21.6. The predicted octanol–water partition coefficient (Wildman–Crippen LogP) is 6.36. The van der Waals surface area contributed by atoms with Crippen LogP contribution in [-0.4, -0.2) is 15.8 Å². The third-order valence-electron chi connectivity index (χ3n) is 6.48. The normalized spacial score (nSPS) is 19.5. The lowest BCUT2D eigenvalue weighted by Gasteiger charge is -2.28. The van der Waals surface area contributed by atoms with Crippen molar-refractivity contribution in [1.29, 1.82) is 0 Å². The van der Waals surface area contributed by atoms with Gasteiger partial charge in [0.15, 0.2) is 0 Å². The number of aryl methyl sites for hydroxylation is 2. The zero-order valence-electron chi connectivity index (χ0n) is 19.1. The summed E-state index contributed by atoms with van der Waals surface area (Å²) in [6, 6.07) is 21.8. The number of benzene rings is 2. The Balaban J connectivity index is 1.42. The first-order valence-electron chi connectivity index (χ1n) is 11.7. The fraction of sp³-hybridized carbons (Fsp3) is 0.444. The molecule has 4 nitrogen and oxygen atoms in total. The van der Waals surface area contributed by atoms with Gasteiger partial charge < -0.3 is 10.1 Å². The van der Waals surface area contributed by atoms with Crippen LogP contribution >= 0.6 is 0 Å². The van der Waals surface area contributed by atoms with E-state index in [0.717, 1.165) is 36.5 Å². The van der Waals surface area contributed by atoms with Crippen molar-refractivity contribution in [2.24, 2.45) is 13.0 Å². The van der Waals surface area contributed by atoms with Crippen molar-refractivity contribution < 1.29 is 4.74 Å². The first-order valence-corrected chi connectivity index (χ1v) is 11.7. The van der Waals surface area contributed by atoms with Crippen LogP contribution in [0, 0.1) is 12.8 Å². The number of nitrogens with zero attached hydrogens (tertiary/aromatic N) is 2. The van der Waals surface area contributed by atoms with Gasteiger partial charge in [-0.1, -0.05) is 50.1 Å². The standard InChI is InChI=1S/C27H35N3O/c1-4-9-26(21-14-16-25(17-15-21)31-24-11-6-5-7-12-24)28-27-13-8-10-22(27)19-23-18-20(2)29-30(23)3/h5-7,11-12,14-18,22,26-28H,4,8-10,13,19H2,1-3H3. The second-order valence-electron chi connectivity index (χ2n) is 8.89. The molecular formula is C27H35N3O. The molecule has 0 radical (unpaired) electrons. The van der Waals surface area contributed by atoms with E-state index in [1.54, 1.807) is 0 Å². The van der Waals surface area contributed by atoms with E-state index in [0.29, 0.717) is 18.0 Å². The molecule has 3 atom stereocenters. The van der Waals surface area contributed by atoms with Gasteiger partial charge in [0, 0.05) is 24.8 Å². The van der Waals surface area contributed by atoms with Crippen LogP contribution in [-0.2, 0) is 13.5 Å². The van der Waals surface area contributed by atoms with E-state index in [2.05, 4.69) is 66.3 Å². The van der Waals surface area contributed by atoms with E-state index in [-0.39, 0.29) is 0 Å². The summed E-state index contributed by atoms with van der Waals surface area (Å²) in [5, 5.41) is 8.57. The highest BCUT2D eigenvalue weighted by atomic mass is 16.5. The Morgan fingerprint density at radius 3 is 2.48 bits per heavy atom. The van der Waals surface area contributed by atoms with Crippen LogP contribution in [0.1, 0.15) is 62.0 Å². The number of para-hydroxylation sites is 1. The van der Waals surface area contributed by atoms with Crippen molar-refractivity contribution in [3.63, 3.8) is 0 Å². The number of rotatable bonds is 9. The lowest BCUT2D eigenvalue weighted by Crippen LogP contribution is -2.36. The molecule has 0 spiro atoms. The molecule has 0 amide bonds. The molecule has 1 aromatic heterocycles. The van der Waals surface area contributed by atoms with Gasteiger partial charge in [0.25, 0.3) is 0 Å². The summed E-state index contributed by atoms with van der Waals surface area (Å²) < 4.78 is 8.03. The van der Waals surface area contributed by atoms with E-state index in [9.17, 15) is 0 Å². The minimum Gasteiger partial charge on any atom is -0.457 e. The second kappa shape index (κ2) is 10.1. The number of ether oxygens (including phenoxy) is 1. The predicted molar refractivity (Wildman–Crippen MR) is 127 cm³/mol. The first-order chi connectivity index (χ1) is 15.1. The van der Waals surface area contributed by atoms with Crippen molar-refractivity contribution in [3.8, 4) is 11.5 Å². The lowest BCUT2D eigenvalue weighted by molar-refractivity contribution is 0.340.